The predicted molar refractivity (Wildman–Crippen MR) is 67.4 cm³/mol. The maximum Gasteiger partial charge on any atom is 0.219 e. The Balaban J connectivity index is 2.50. The average Bonchev–Trinajstić information content (AvgIpc) is 2.14. The first-order valence-electron chi connectivity index (χ1n) is 6.25. The molecule has 1 rings (SSSR count). The monoisotopic (exact) mass is 226 g/mol. The largest absolute Gasteiger partial charge is 0.342 e. The van der Waals surface area contributed by atoms with Crippen molar-refractivity contribution in [1.29, 1.82) is 0 Å². The summed E-state index contributed by atoms with van der Waals surface area (Å²) in [5.41, 5.74) is 0.344. The van der Waals surface area contributed by atoms with Crippen LogP contribution in [0.25, 0.3) is 0 Å². The lowest BCUT2D eigenvalue weighted by molar-refractivity contribution is -0.130. The normalized spacial score (nSPS) is 23.2. The summed E-state index contributed by atoms with van der Waals surface area (Å²) >= 11 is 0. The minimum Gasteiger partial charge on any atom is -0.342 e. The number of rotatable bonds is 2. The Bertz CT molecular complexity index is 245. The molecule has 0 aromatic carbocycles. The van der Waals surface area contributed by atoms with Crippen molar-refractivity contribution < 1.29 is 4.79 Å². The van der Waals surface area contributed by atoms with Crippen LogP contribution in [0.4, 0.5) is 0 Å². The van der Waals surface area contributed by atoms with E-state index in [9.17, 15) is 4.79 Å². The van der Waals surface area contributed by atoms with E-state index in [1.807, 2.05) is 11.9 Å². The number of carbonyl (C=O) groups excluding carboxylic acids is 1. The van der Waals surface area contributed by atoms with Crippen LogP contribution in [-0.2, 0) is 4.79 Å². The van der Waals surface area contributed by atoms with Crippen LogP contribution in [0.5, 0.6) is 0 Å². The van der Waals surface area contributed by atoms with Crippen molar-refractivity contribution >= 4 is 5.91 Å². The Morgan fingerprint density at radius 1 is 1.44 bits per heavy atom. The first-order chi connectivity index (χ1) is 7.29. The number of carbonyl (C=O) groups is 1. The molecule has 0 aromatic rings. The number of piperidine rings is 1. The molecule has 1 amide bonds. The van der Waals surface area contributed by atoms with E-state index in [1.54, 1.807) is 6.92 Å². The van der Waals surface area contributed by atoms with Crippen molar-refractivity contribution in [3.8, 4) is 0 Å². The van der Waals surface area contributed by atoms with Gasteiger partial charge in [0.2, 0.25) is 5.91 Å². The second kappa shape index (κ2) is 5.17. The summed E-state index contributed by atoms with van der Waals surface area (Å²) in [6.45, 7) is 11.8. The number of hydrogen-bond acceptors (Lipinski definition) is 2. The topological polar surface area (TPSA) is 23.6 Å². The van der Waals surface area contributed by atoms with E-state index in [2.05, 4.69) is 25.7 Å². The van der Waals surface area contributed by atoms with Crippen LogP contribution in [0.15, 0.2) is 0 Å². The molecule has 0 bridgehead atoms. The fourth-order valence-electron chi connectivity index (χ4n) is 2.42. The van der Waals surface area contributed by atoms with Crippen LogP contribution in [0.3, 0.4) is 0 Å². The van der Waals surface area contributed by atoms with E-state index >= 15 is 0 Å². The summed E-state index contributed by atoms with van der Waals surface area (Å²) < 4.78 is 0. The zero-order valence-corrected chi connectivity index (χ0v) is 11.4. The van der Waals surface area contributed by atoms with Crippen LogP contribution >= 0.6 is 0 Å². The minimum absolute atomic E-state index is 0.183. The highest BCUT2D eigenvalue weighted by Gasteiger charge is 2.26. The summed E-state index contributed by atoms with van der Waals surface area (Å²) in [7, 11) is 1.92. The molecule has 3 nitrogen and oxygen atoms in total. The maximum atomic E-state index is 11.3. The summed E-state index contributed by atoms with van der Waals surface area (Å²) in [6, 6.07) is 0.411. The fourth-order valence-corrected chi connectivity index (χ4v) is 2.42. The third-order valence-corrected chi connectivity index (χ3v) is 3.22. The molecule has 1 atom stereocenters. The summed E-state index contributed by atoms with van der Waals surface area (Å²) in [5, 5.41) is 0. The highest BCUT2D eigenvalue weighted by atomic mass is 16.2. The molecule has 1 fully saturated rings. The van der Waals surface area contributed by atoms with Gasteiger partial charge in [-0.25, -0.2) is 0 Å². The predicted octanol–water partition coefficient (Wildman–Crippen LogP) is 1.98. The van der Waals surface area contributed by atoms with Crippen molar-refractivity contribution in [3.63, 3.8) is 0 Å². The van der Waals surface area contributed by atoms with Gasteiger partial charge in [0.25, 0.3) is 0 Å². The molecule has 0 aromatic heterocycles. The molecule has 0 aliphatic carbocycles. The van der Waals surface area contributed by atoms with Gasteiger partial charge in [0.1, 0.15) is 0 Å². The van der Waals surface area contributed by atoms with Gasteiger partial charge >= 0.3 is 0 Å². The summed E-state index contributed by atoms with van der Waals surface area (Å²) in [6.07, 6.45) is 2.36. The molecule has 1 aliphatic heterocycles. The van der Waals surface area contributed by atoms with Gasteiger partial charge in [-0.05, 0) is 24.8 Å². The van der Waals surface area contributed by atoms with E-state index in [0.717, 1.165) is 19.5 Å². The average molecular weight is 226 g/mol. The molecule has 3 heteroatoms. The third kappa shape index (κ3) is 4.12. The quantitative estimate of drug-likeness (QED) is 0.719. The molecular weight excluding hydrogens is 200 g/mol. The Hall–Kier alpha value is -0.570. The van der Waals surface area contributed by atoms with Gasteiger partial charge in [0.15, 0.2) is 0 Å². The summed E-state index contributed by atoms with van der Waals surface area (Å²) in [4.78, 5) is 15.7. The molecule has 16 heavy (non-hydrogen) atoms. The van der Waals surface area contributed by atoms with Crippen LogP contribution in [0.1, 0.15) is 40.5 Å². The van der Waals surface area contributed by atoms with E-state index in [1.165, 1.54) is 13.0 Å². The minimum atomic E-state index is 0.183. The van der Waals surface area contributed by atoms with E-state index < -0.39 is 0 Å². The number of amides is 1. The molecule has 0 radical (unpaired) electrons. The number of likely N-dealkylation sites (tertiary alicyclic amines) is 1. The van der Waals surface area contributed by atoms with E-state index in [0.29, 0.717) is 11.5 Å². The van der Waals surface area contributed by atoms with Gasteiger partial charge in [-0.1, -0.05) is 20.8 Å². The second-order valence-corrected chi connectivity index (χ2v) is 6.22. The van der Waals surface area contributed by atoms with Crippen molar-refractivity contribution in [2.45, 2.75) is 46.6 Å². The van der Waals surface area contributed by atoms with Crippen LogP contribution < -0.4 is 0 Å². The highest BCUT2D eigenvalue weighted by molar-refractivity contribution is 5.73. The smallest absolute Gasteiger partial charge is 0.219 e. The molecule has 0 N–H and O–H groups in total. The van der Waals surface area contributed by atoms with E-state index in [-0.39, 0.29) is 5.91 Å². The van der Waals surface area contributed by atoms with Gasteiger partial charge in [-0.2, -0.15) is 0 Å². The maximum absolute atomic E-state index is 11.3. The molecule has 0 saturated carbocycles. The zero-order valence-electron chi connectivity index (χ0n) is 11.4. The van der Waals surface area contributed by atoms with Gasteiger partial charge in [0, 0.05) is 33.1 Å². The number of likely N-dealkylation sites (N-methyl/N-ethyl adjacent to an activating group) is 1. The van der Waals surface area contributed by atoms with Crippen LogP contribution in [-0.4, -0.2) is 48.4 Å². The van der Waals surface area contributed by atoms with Gasteiger partial charge in [0.05, 0.1) is 0 Å². The SMILES string of the molecule is CC(=O)N(C)[C@H]1CCCN(CC(C)(C)C)C1. The van der Waals surface area contributed by atoms with Gasteiger partial charge < -0.3 is 9.80 Å². The molecular formula is C13H26N2O. The van der Waals surface area contributed by atoms with Crippen LogP contribution in [0.2, 0.25) is 0 Å². The Labute approximate surface area is 99.8 Å². The van der Waals surface area contributed by atoms with Gasteiger partial charge in [-0.15, -0.1) is 0 Å². The highest BCUT2D eigenvalue weighted by Crippen LogP contribution is 2.20. The zero-order chi connectivity index (χ0) is 12.3. The molecule has 1 heterocycles. The van der Waals surface area contributed by atoms with E-state index in [4.69, 9.17) is 0 Å². The Kier molecular flexibility index (Phi) is 4.36. The lowest BCUT2D eigenvalue weighted by Gasteiger charge is -2.39. The van der Waals surface area contributed by atoms with Crippen molar-refractivity contribution in [2.75, 3.05) is 26.7 Å². The number of nitrogens with zero attached hydrogens (tertiary/aromatic N) is 2. The van der Waals surface area contributed by atoms with Crippen molar-refractivity contribution in [3.05, 3.63) is 0 Å². The molecule has 0 spiro atoms. The van der Waals surface area contributed by atoms with Crippen LogP contribution in [0, 0.1) is 5.41 Å². The van der Waals surface area contributed by atoms with Gasteiger partial charge in [-0.3, -0.25) is 4.79 Å². The Morgan fingerprint density at radius 3 is 2.56 bits per heavy atom. The van der Waals surface area contributed by atoms with Crippen molar-refractivity contribution in [1.82, 2.24) is 9.80 Å². The molecule has 1 saturated heterocycles. The molecule has 94 valence electrons. The summed E-state index contributed by atoms with van der Waals surface area (Å²) in [5.74, 6) is 0.183. The first-order valence-corrected chi connectivity index (χ1v) is 6.25. The first kappa shape index (κ1) is 13.5. The standard InChI is InChI=1S/C13H26N2O/c1-11(16)14(5)12-7-6-8-15(9-12)10-13(2,3)4/h12H,6-10H2,1-5H3/t12-/m0/s1. The Morgan fingerprint density at radius 2 is 2.06 bits per heavy atom. The second-order valence-electron chi connectivity index (χ2n) is 6.22. The number of hydrogen-bond donors (Lipinski definition) is 0. The molecule has 1 aliphatic rings. The lowest BCUT2D eigenvalue weighted by Crippen LogP contribution is -2.49. The fraction of sp³-hybridized carbons (Fsp3) is 0.923. The molecule has 0 unspecified atom stereocenters. The lowest BCUT2D eigenvalue weighted by atomic mass is 9.94. The van der Waals surface area contributed by atoms with Crippen molar-refractivity contribution in [2.24, 2.45) is 5.41 Å². The third-order valence-electron chi connectivity index (χ3n) is 3.22.